The lowest BCUT2D eigenvalue weighted by Gasteiger charge is -2.36. The van der Waals surface area contributed by atoms with Crippen LogP contribution in [0, 0.1) is 5.82 Å². The molecule has 2 nitrogen and oxygen atoms in total. The molecule has 0 spiro atoms. The lowest BCUT2D eigenvalue weighted by molar-refractivity contribution is 0.254. The molecule has 4 heteroatoms. The maximum atomic E-state index is 12.9. The summed E-state index contributed by atoms with van der Waals surface area (Å²) >= 11 is 5.50. The second-order valence-electron chi connectivity index (χ2n) is 4.86. The van der Waals surface area contributed by atoms with E-state index in [9.17, 15) is 4.39 Å². The fraction of sp³-hybridized carbons (Fsp3) is 0.533. The first-order valence-electron chi connectivity index (χ1n) is 6.84. The highest BCUT2D eigenvalue weighted by Crippen LogP contribution is 2.16. The molecule has 0 saturated heterocycles. The second-order valence-corrected chi connectivity index (χ2v) is 5.25. The lowest BCUT2D eigenvalue weighted by atomic mass is 10.1. The van der Waals surface area contributed by atoms with Crippen LogP contribution in [-0.2, 0) is 0 Å². The third-order valence-corrected chi connectivity index (χ3v) is 3.77. The summed E-state index contributed by atoms with van der Waals surface area (Å²) in [7, 11) is 0. The van der Waals surface area contributed by atoms with Crippen molar-refractivity contribution in [3.63, 3.8) is 0 Å². The number of anilines is 1. The standard InChI is InChI=1S/C15H23FN2S/c1-5-11(3)18(12(4)6-2)15(19)17-14-9-7-13(16)8-10-14/h7-12H,5-6H2,1-4H3,(H,17,19). The highest BCUT2D eigenvalue weighted by atomic mass is 32.1. The Kier molecular flexibility index (Phi) is 6.22. The Bertz CT molecular complexity index is 395. The van der Waals surface area contributed by atoms with Gasteiger partial charge < -0.3 is 10.2 Å². The van der Waals surface area contributed by atoms with Crippen molar-refractivity contribution in [2.75, 3.05) is 5.32 Å². The van der Waals surface area contributed by atoms with Gasteiger partial charge in [-0.1, -0.05) is 13.8 Å². The monoisotopic (exact) mass is 282 g/mol. The highest BCUT2D eigenvalue weighted by molar-refractivity contribution is 7.80. The van der Waals surface area contributed by atoms with Crippen LogP contribution in [0.1, 0.15) is 40.5 Å². The van der Waals surface area contributed by atoms with Gasteiger partial charge in [0.05, 0.1) is 0 Å². The zero-order chi connectivity index (χ0) is 14.4. The topological polar surface area (TPSA) is 15.3 Å². The van der Waals surface area contributed by atoms with Crippen molar-refractivity contribution in [3.8, 4) is 0 Å². The molecule has 0 fully saturated rings. The van der Waals surface area contributed by atoms with Gasteiger partial charge in [-0.25, -0.2) is 4.39 Å². The van der Waals surface area contributed by atoms with Gasteiger partial charge in [-0.3, -0.25) is 0 Å². The molecule has 0 aliphatic rings. The van der Waals surface area contributed by atoms with Gasteiger partial charge >= 0.3 is 0 Å². The Morgan fingerprint density at radius 2 is 1.63 bits per heavy atom. The molecular formula is C15H23FN2S. The van der Waals surface area contributed by atoms with Gasteiger partial charge in [0.2, 0.25) is 0 Å². The number of rotatable bonds is 5. The van der Waals surface area contributed by atoms with E-state index in [4.69, 9.17) is 12.2 Å². The number of nitrogens with one attached hydrogen (secondary N) is 1. The summed E-state index contributed by atoms with van der Waals surface area (Å²) < 4.78 is 12.9. The van der Waals surface area contributed by atoms with Gasteiger partial charge in [-0.05, 0) is 63.2 Å². The van der Waals surface area contributed by atoms with E-state index in [1.165, 1.54) is 12.1 Å². The molecule has 1 N–H and O–H groups in total. The minimum Gasteiger partial charge on any atom is -0.344 e. The molecule has 19 heavy (non-hydrogen) atoms. The molecule has 2 atom stereocenters. The Morgan fingerprint density at radius 1 is 1.16 bits per heavy atom. The SMILES string of the molecule is CCC(C)N(C(=S)Nc1ccc(F)cc1)C(C)CC. The zero-order valence-corrected chi connectivity index (χ0v) is 12.9. The minimum atomic E-state index is -0.239. The van der Waals surface area contributed by atoms with Gasteiger partial charge in [-0.2, -0.15) is 0 Å². The molecule has 0 aromatic heterocycles. The van der Waals surface area contributed by atoms with Crippen molar-refractivity contribution in [3.05, 3.63) is 30.1 Å². The van der Waals surface area contributed by atoms with E-state index in [0.717, 1.165) is 18.5 Å². The zero-order valence-electron chi connectivity index (χ0n) is 12.1. The van der Waals surface area contributed by atoms with E-state index in [-0.39, 0.29) is 5.82 Å². The molecule has 106 valence electrons. The van der Waals surface area contributed by atoms with Crippen LogP contribution in [0.5, 0.6) is 0 Å². The molecule has 0 aliphatic heterocycles. The van der Waals surface area contributed by atoms with Crippen molar-refractivity contribution in [2.45, 2.75) is 52.6 Å². The number of thiocarbonyl (C=S) groups is 1. The first-order valence-corrected chi connectivity index (χ1v) is 7.25. The third kappa shape index (κ3) is 4.46. The van der Waals surface area contributed by atoms with Crippen molar-refractivity contribution in [2.24, 2.45) is 0 Å². The first-order chi connectivity index (χ1) is 8.99. The molecule has 0 amide bonds. The Morgan fingerprint density at radius 3 is 2.05 bits per heavy atom. The first kappa shape index (κ1) is 15.9. The van der Waals surface area contributed by atoms with Crippen LogP contribution in [0.25, 0.3) is 0 Å². The number of halogens is 1. The third-order valence-electron chi connectivity index (χ3n) is 3.46. The molecule has 0 aliphatic carbocycles. The Hall–Kier alpha value is -1.16. The predicted molar refractivity (Wildman–Crippen MR) is 84.0 cm³/mol. The number of hydrogen-bond acceptors (Lipinski definition) is 1. The van der Waals surface area contributed by atoms with Gasteiger partial charge in [-0.15, -0.1) is 0 Å². The molecular weight excluding hydrogens is 259 g/mol. The van der Waals surface area contributed by atoms with Crippen LogP contribution in [0.15, 0.2) is 24.3 Å². The number of hydrogen-bond donors (Lipinski definition) is 1. The molecule has 0 bridgehead atoms. The van der Waals surface area contributed by atoms with E-state index in [0.29, 0.717) is 17.2 Å². The van der Waals surface area contributed by atoms with Crippen LogP contribution in [0.2, 0.25) is 0 Å². The summed E-state index contributed by atoms with van der Waals surface area (Å²) in [5.41, 5.74) is 0.822. The maximum Gasteiger partial charge on any atom is 0.173 e. The molecule has 1 rings (SSSR count). The van der Waals surface area contributed by atoms with Gasteiger partial charge in [0.25, 0.3) is 0 Å². The minimum absolute atomic E-state index is 0.239. The van der Waals surface area contributed by atoms with Crippen LogP contribution in [0.3, 0.4) is 0 Å². The van der Waals surface area contributed by atoms with E-state index in [1.807, 2.05) is 0 Å². The van der Waals surface area contributed by atoms with Crippen LogP contribution < -0.4 is 5.32 Å². The molecule has 0 radical (unpaired) electrons. The van der Waals surface area contributed by atoms with Crippen molar-refractivity contribution >= 4 is 23.0 Å². The Balaban J connectivity index is 2.79. The van der Waals surface area contributed by atoms with Crippen LogP contribution in [0.4, 0.5) is 10.1 Å². The lowest BCUT2D eigenvalue weighted by Crippen LogP contribution is -2.46. The normalized spacial score (nSPS) is 13.7. The van der Waals surface area contributed by atoms with Crippen molar-refractivity contribution in [1.82, 2.24) is 4.90 Å². The van der Waals surface area contributed by atoms with Gasteiger partial charge in [0.1, 0.15) is 5.82 Å². The second kappa shape index (κ2) is 7.43. The summed E-state index contributed by atoms with van der Waals surface area (Å²) in [6.45, 7) is 8.65. The van der Waals surface area contributed by atoms with Gasteiger partial charge in [0, 0.05) is 17.8 Å². The van der Waals surface area contributed by atoms with E-state index < -0.39 is 0 Å². The molecule has 1 aromatic rings. The van der Waals surface area contributed by atoms with Crippen LogP contribution >= 0.6 is 12.2 Å². The summed E-state index contributed by atoms with van der Waals surface area (Å²) in [6.07, 6.45) is 2.07. The predicted octanol–water partition coefficient (Wildman–Crippen LogP) is 4.42. The quantitative estimate of drug-likeness (QED) is 0.805. The largest absolute Gasteiger partial charge is 0.344 e. The van der Waals surface area contributed by atoms with E-state index in [1.54, 1.807) is 12.1 Å². The fourth-order valence-corrected chi connectivity index (χ4v) is 2.43. The number of nitrogens with zero attached hydrogens (tertiary/aromatic N) is 1. The Labute approximate surface area is 121 Å². The van der Waals surface area contributed by atoms with E-state index in [2.05, 4.69) is 37.9 Å². The number of benzene rings is 1. The molecule has 1 aromatic carbocycles. The maximum absolute atomic E-state index is 12.9. The van der Waals surface area contributed by atoms with Crippen molar-refractivity contribution in [1.29, 1.82) is 0 Å². The molecule has 0 saturated carbocycles. The fourth-order valence-electron chi connectivity index (χ4n) is 1.95. The summed E-state index contributed by atoms with van der Waals surface area (Å²) in [6, 6.07) is 7.04. The smallest absolute Gasteiger partial charge is 0.173 e. The van der Waals surface area contributed by atoms with Gasteiger partial charge in [0.15, 0.2) is 5.11 Å². The molecule has 2 unspecified atom stereocenters. The molecule has 0 heterocycles. The highest BCUT2D eigenvalue weighted by Gasteiger charge is 2.20. The van der Waals surface area contributed by atoms with Crippen LogP contribution in [-0.4, -0.2) is 22.1 Å². The van der Waals surface area contributed by atoms with Crippen molar-refractivity contribution < 1.29 is 4.39 Å². The summed E-state index contributed by atoms with van der Waals surface area (Å²) in [4.78, 5) is 2.22. The van der Waals surface area contributed by atoms with E-state index >= 15 is 0 Å². The average molecular weight is 282 g/mol. The summed E-state index contributed by atoms with van der Waals surface area (Å²) in [5.74, 6) is -0.239. The summed E-state index contributed by atoms with van der Waals surface area (Å²) in [5, 5.41) is 3.89. The average Bonchev–Trinajstić information content (AvgIpc) is 2.41.